The minimum absolute atomic E-state index is 0.194. The highest BCUT2D eigenvalue weighted by Gasteiger charge is 1.94. The van der Waals surface area contributed by atoms with Crippen molar-refractivity contribution in [3.63, 3.8) is 0 Å². The van der Waals surface area contributed by atoms with Crippen molar-refractivity contribution >= 4 is 30.3 Å². The van der Waals surface area contributed by atoms with Crippen molar-refractivity contribution in [2.24, 2.45) is 0 Å². The van der Waals surface area contributed by atoms with Crippen LogP contribution in [-0.4, -0.2) is 29.8 Å². The second-order valence-electron chi connectivity index (χ2n) is 4.10. The summed E-state index contributed by atoms with van der Waals surface area (Å²) in [5.41, 5.74) is 0. The molecule has 0 aromatic heterocycles. The van der Waals surface area contributed by atoms with Crippen LogP contribution in [0.25, 0.3) is 0 Å². The van der Waals surface area contributed by atoms with Crippen LogP contribution in [0.2, 0.25) is 0 Å². The van der Waals surface area contributed by atoms with Crippen LogP contribution >= 0.6 is 30.3 Å². The first kappa shape index (κ1) is 18.7. The Kier molecular flexibility index (Phi) is 18.4. The van der Waals surface area contributed by atoms with Gasteiger partial charge in [0.15, 0.2) is 0 Å². The van der Waals surface area contributed by atoms with Gasteiger partial charge in [-0.15, -0.1) is 0 Å². The molecular formula is C12H25O3PS2. The van der Waals surface area contributed by atoms with Gasteiger partial charge in [0.25, 0.3) is 0 Å². The van der Waals surface area contributed by atoms with Gasteiger partial charge in [0.2, 0.25) is 0 Å². The minimum Gasteiger partial charge on any atom is -0.396 e. The van der Waals surface area contributed by atoms with Crippen LogP contribution in [0.5, 0.6) is 0 Å². The quantitative estimate of drug-likeness (QED) is 0.270. The molecule has 0 spiro atoms. The van der Waals surface area contributed by atoms with Crippen molar-refractivity contribution in [2.75, 3.05) is 24.7 Å². The summed E-state index contributed by atoms with van der Waals surface area (Å²) in [6.45, 7) is 0.947. The van der Waals surface area contributed by atoms with Gasteiger partial charge in [-0.1, -0.05) is 47.3 Å². The van der Waals surface area contributed by atoms with E-state index in [2.05, 4.69) is 0 Å². The molecule has 0 aliphatic carbocycles. The first-order valence-electron chi connectivity index (χ1n) is 6.71. The van der Waals surface area contributed by atoms with Gasteiger partial charge in [-0.3, -0.25) is 4.52 Å². The SMILES string of the molecule is O=POCCCCCCSSCCCCCCO. The first-order chi connectivity index (χ1) is 8.91. The molecule has 0 bridgehead atoms. The number of aliphatic hydroxyl groups excluding tert-OH is 1. The predicted octanol–water partition coefficient (Wildman–Crippen LogP) is 4.70. The molecule has 0 fully saturated rings. The van der Waals surface area contributed by atoms with E-state index in [4.69, 9.17) is 9.63 Å². The van der Waals surface area contributed by atoms with E-state index in [0.717, 1.165) is 19.3 Å². The first-order valence-corrected chi connectivity index (χ1v) is 9.93. The average Bonchev–Trinajstić information content (AvgIpc) is 2.39. The van der Waals surface area contributed by atoms with Crippen molar-refractivity contribution in [2.45, 2.75) is 51.4 Å². The number of hydrogen-bond acceptors (Lipinski definition) is 5. The second kappa shape index (κ2) is 17.7. The smallest absolute Gasteiger partial charge is 0.327 e. The van der Waals surface area contributed by atoms with E-state index in [-0.39, 0.29) is 8.69 Å². The fourth-order valence-electron chi connectivity index (χ4n) is 1.46. The van der Waals surface area contributed by atoms with Gasteiger partial charge in [0.05, 0.1) is 6.61 Å². The van der Waals surface area contributed by atoms with Crippen LogP contribution in [0.4, 0.5) is 0 Å². The minimum atomic E-state index is -0.194. The van der Waals surface area contributed by atoms with Gasteiger partial charge < -0.3 is 5.11 Å². The highest BCUT2D eigenvalue weighted by molar-refractivity contribution is 8.76. The van der Waals surface area contributed by atoms with Gasteiger partial charge in [0.1, 0.15) is 0 Å². The summed E-state index contributed by atoms with van der Waals surface area (Å²) in [4.78, 5) is 0. The maximum absolute atomic E-state index is 9.98. The lowest BCUT2D eigenvalue weighted by molar-refractivity contribution is 0.283. The Morgan fingerprint density at radius 2 is 1.39 bits per heavy atom. The third-order valence-electron chi connectivity index (χ3n) is 2.49. The summed E-state index contributed by atoms with van der Waals surface area (Å²) in [5.74, 6) is 2.45. The summed E-state index contributed by atoms with van der Waals surface area (Å²) in [7, 11) is 3.75. The van der Waals surface area contributed by atoms with Gasteiger partial charge in [-0.2, -0.15) is 0 Å². The second-order valence-corrected chi connectivity index (χ2v) is 7.21. The lowest BCUT2D eigenvalue weighted by Gasteiger charge is -2.02. The van der Waals surface area contributed by atoms with E-state index in [1.807, 2.05) is 21.6 Å². The van der Waals surface area contributed by atoms with E-state index < -0.39 is 0 Å². The van der Waals surface area contributed by atoms with Gasteiger partial charge in [-0.05, 0) is 25.7 Å². The summed E-state index contributed by atoms with van der Waals surface area (Å²) >= 11 is 0. The normalized spacial score (nSPS) is 11.2. The number of rotatable bonds is 15. The van der Waals surface area contributed by atoms with Crippen LogP contribution in [0.15, 0.2) is 0 Å². The third kappa shape index (κ3) is 16.7. The van der Waals surface area contributed by atoms with Crippen LogP contribution in [0.1, 0.15) is 51.4 Å². The molecule has 108 valence electrons. The summed E-state index contributed by atoms with van der Waals surface area (Å²) in [6, 6.07) is 0. The zero-order valence-electron chi connectivity index (χ0n) is 11.0. The number of hydrogen-bond donors (Lipinski definition) is 1. The van der Waals surface area contributed by atoms with E-state index in [1.54, 1.807) is 0 Å². The Morgan fingerprint density at radius 1 is 0.833 bits per heavy atom. The zero-order chi connectivity index (χ0) is 13.3. The molecule has 0 rings (SSSR count). The molecule has 0 aliphatic heterocycles. The maximum Gasteiger partial charge on any atom is 0.327 e. The lowest BCUT2D eigenvalue weighted by atomic mass is 10.2. The Hall–Kier alpha value is 0.720. The Balaban J connectivity index is 2.88. The van der Waals surface area contributed by atoms with Crippen LogP contribution in [0.3, 0.4) is 0 Å². The average molecular weight is 312 g/mol. The van der Waals surface area contributed by atoms with Crippen molar-refractivity contribution in [1.29, 1.82) is 0 Å². The van der Waals surface area contributed by atoms with Gasteiger partial charge >= 0.3 is 8.69 Å². The Morgan fingerprint density at radius 3 is 1.94 bits per heavy atom. The number of unbranched alkanes of at least 4 members (excludes halogenated alkanes) is 6. The Bertz CT molecular complexity index is 173. The monoisotopic (exact) mass is 312 g/mol. The summed E-state index contributed by atoms with van der Waals surface area (Å²) in [6.07, 6.45) is 9.30. The third-order valence-corrected chi connectivity index (χ3v) is 5.35. The van der Waals surface area contributed by atoms with Crippen LogP contribution in [0, 0.1) is 0 Å². The molecule has 0 saturated carbocycles. The molecule has 6 heteroatoms. The molecule has 0 heterocycles. The van der Waals surface area contributed by atoms with Crippen LogP contribution in [-0.2, 0) is 9.09 Å². The lowest BCUT2D eigenvalue weighted by Crippen LogP contribution is -1.86. The van der Waals surface area contributed by atoms with E-state index in [1.165, 1.54) is 43.6 Å². The fraction of sp³-hybridized carbons (Fsp3) is 1.00. The van der Waals surface area contributed by atoms with Gasteiger partial charge in [0, 0.05) is 18.1 Å². The van der Waals surface area contributed by atoms with E-state index >= 15 is 0 Å². The Labute approximate surface area is 121 Å². The summed E-state index contributed by atoms with van der Waals surface area (Å²) < 4.78 is 14.7. The molecule has 0 amide bonds. The molecule has 1 N–H and O–H groups in total. The largest absolute Gasteiger partial charge is 0.396 e. The highest BCUT2D eigenvalue weighted by atomic mass is 33.1. The maximum atomic E-state index is 9.98. The molecule has 0 saturated heterocycles. The molecule has 0 aromatic rings. The molecule has 0 unspecified atom stereocenters. The topological polar surface area (TPSA) is 46.5 Å². The van der Waals surface area contributed by atoms with Crippen molar-refractivity contribution in [3.05, 3.63) is 0 Å². The molecule has 3 nitrogen and oxygen atoms in total. The zero-order valence-corrected chi connectivity index (χ0v) is 13.5. The molecular weight excluding hydrogens is 287 g/mol. The van der Waals surface area contributed by atoms with Crippen molar-refractivity contribution in [1.82, 2.24) is 0 Å². The summed E-state index contributed by atoms with van der Waals surface area (Å²) in [5, 5.41) is 8.62. The van der Waals surface area contributed by atoms with E-state index in [0.29, 0.717) is 13.2 Å². The van der Waals surface area contributed by atoms with E-state index in [9.17, 15) is 4.57 Å². The molecule has 18 heavy (non-hydrogen) atoms. The highest BCUT2D eigenvalue weighted by Crippen LogP contribution is 2.24. The van der Waals surface area contributed by atoms with Gasteiger partial charge in [-0.25, -0.2) is 4.57 Å². The van der Waals surface area contributed by atoms with Crippen LogP contribution < -0.4 is 0 Å². The predicted molar refractivity (Wildman–Crippen MR) is 82.5 cm³/mol. The van der Waals surface area contributed by atoms with Crippen molar-refractivity contribution in [3.8, 4) is 0 Å². The molecule has 0 aromatic carbocycles. The fourth-order valence-corrected chi connectivity index (χ4v) is 3.96. The molecule has 0 radical (unpaired) electrons. The molecule has 0 aliphatic rings. The van der Waals surface area contributed by atoms with Crippen molar-refractivity contribution < 1.29 is 14.2 Å². The number of aliphatic hydroxyl groups is 1. The molecule has 0 atom stereocenters. The standard InChI is InChI=1S/C12H25O3PS2/c13-9-5-1-3-7-11-17-18-12-8-4-2-6-10-15-16-14/h13H,1-12H2.